The standard InChI is InChI=1S/C13H18FNO3/c1-8(2)17-11-10(14)6-9(7-15-11)12(16)18-13(3,4)5/h6-8H,1-5H3. The van der Waals surface area contributed by atoms with Crippen molar-refractivity contribution in [3.05, 3.63) is 23.6 Å². The lowest BCUT2D eigenvalue weighted by atomic mass is 10.2. The summed E-state index contributed by atoms with van der Waals surface area (Å²) in [7, 11) is 0. The van der Waals surface area contributed by atoms with Crippen LogP contribution < -0.4 is 4.74 Å². The predicted molar refractivity (Wildman–Crippen MR) is 65.1 cm³/mol. The Kier molecular flexibility index (Phi) is 4.27. The third-order valence-electron chi connectivity index (χ3n) is 1.79. The van der Waals surface area contributed by atoms with Gasteiger partial charge < -0.3 is 9.47 Å². The van der Waals surface area contributed by atoms with Crippen molar-refractivity contribution in [2.75, 3.05) is 0 Å². The van der Waals surface area contributed by atoms with Gasteiger partial charge in [-0.2, -0.15) is 0 Å². The molecule has 0 saturated carbocycles. The Bertz CT molecular complexity index is 438. The molecule has 0 saturated heterocycles. The monoisotopic (exact) mass is 255 g/mol. The van der Waals surface area contributed by atoms with Gasteiger partial charge in [-0.15, -0.1) is 0 Å². The lowest BCUT2D eigenvalue weighted by molar-refractivity contribution is 0.00684. The first-order chi connectivity index (χ1) is 8.19. The molecular weight excluding hydrogens is 237 g/mol. The van der Waals surface area contributed by atoms with E-state index in [2.05, 4.69) is 4.98 Å². The summed E-state index contributed by atoms with van der Waals surface area (Å²) in [5.74, 6) is -1.39. The number of aromatic nitrogens is 1. The summed E-state index contributed by atoms with van der Waals surface area (Å²) in [4.78, 5) is 15.4. The molecule has 0 fully saturated rings. The first kappa shape index (κ1) is 14.4. The molecule has 0 aliphatic carbocycles. The van der Waals surface area contributed by atoms with Crippen molar-refractivity contribution in [1.29, 1.82) is 0 Å². The van der Waals surface area contributed by atoms with Gasteiger partial charge in [-0.1, -0.05) is 0 Å². The molecule has 5 heteroatoms. The molecule has 1 aromatic heterocycles. The highest BCUT2D eigenvalue weighted by Crippen LogP contribution is 2.18. The van der Waals surface area contributed by atoms with Gasteiger partial charge in [0.05, 0.1) is 11.7 Å². The van der Waals surface area contributed by atoms with Crippen LogP contribution in [0.25, 0.3) is 0 Å². The molecule has 4 nitrogen and oxygen atoms in total. The number of esters is 1. The number of pyridine rings is 1. The van der Waals surface area contributed by atoms with Crippen LogP contribution in [0.5, 0.6) is 5.88 Å². The van der Waals surface area contributed by atoms with Gasteiger partial charge in [0.2, 0.25) is 0 Å². The van der Waals surface area contributed by atoms with Crippen molar-refractivity contribution in [1.82, 2.24) is 4.98 Å². The summed E-state index contributed by atoms with van der Waals surface area (Å²) in [5, 5.41) is 0. The molecule has 0 aromatic carbocycles. The summed E-state index contributed by atoms with van der Waals surface area (Å²) in [5.41, 5.74) is -0.556. The van der Waals surface area contributed by atoms with E-state index in [-0.39, 0.29) is 17.5 Å². The lowest BCUT2D eigenvalue weighted by Crippen LogP contribution is -2.24. The summed E-state index contributed by atoms with van der Waals surface area (Å²) < 4.78 is 23.9. The largest absolute Gasteiger partial charge is 0.473 e. The van der Waals surface area contributed by atoms with Crippen molar-refractivity contribution >= 4 is 5.97 Å². The van der Waals surface area contributed by atoms with E-state index in [1.54, 1.807) is 34.6 Å². The minimum absolute atomic E-state index is 0.0681. The zero-order chi connectivity index (χ0) is 13.9. The molecule has 0 radical (unpaired) electrons. The first-order valence-corrected chi connectivity index (χ1v) is 5.74. The molecule has 0 aliphatic heterocycles. The quantitative estimate of drug-likeness (QED) is 0.779. The summed E-state index contributed by atoms with van der Waals surface area (Å²) in [6.07, 6.45) is 1.06. The number of carbonyl (C=O) groups excluding carboxylic acids is 1. The Morgan fingerprint density at radius 3 is 2.44 bits per heavy atom. The van der Waals surface area contributed by atoms with Crippen LogP contribution in [0.3, 0.4) is 0 Å². The fourth-order valence-corrected chi connectivity index (χ4v) is 1.18. The van der Waals surface area contributed by atoms with Crippen molar-refractivity contribution in [3.63, 3.8) is 0 Å². The maximum absolute atomic E-state index is 13.6. The van der Waals surface area contributed by atoms with E-state index in [0.29, 0.717) is 0 Å². The number of hydrogen-bond donors (Lipinski definition) is 0. The molecule has 0 unspecified atom stereocenters. The highest BCUT2D eigenvalue weighted by atomic mass is 19.1. The van der Waals surface area contributed by atoms with E-state index < -0.39 is 17.4 Å². The Hall–Kier alpha value is -1.65. The van der Waals surface area contributed by atoms with Crippen LogP contribution in [0.4, 0.5) is 4.39 Å². The molecule has 0 amide bonds. The molecule has 100 valence electrons. The van der Waals surface area contributed by atoms with E-state index in [1.807, 2.05) is 0 Å². The molecule has 1 heterocycles. The fraction of sp³-hybridized carbons (Fsp3) is 0.538. The third kappa shape index (κ3) is 4.31. The van der Waals surface area contributed by atoms with Gasteiger partial charge in [0.25, 0.3) is 5.88 Å². The van der Waals surface area contributed by atoms with E-state index in [9.17, 15) is 9.18 Å². The lowest BCUT2D eigenvalue weighted by Gasteiger charge is -2.19. The van der Waals surface area contributed by atoms with Crippen LogP contribution in [-0.4, -0.2) is 22.7 Å². The van der Waals surface area contributed by atoms with Crippen molar-refractivity contribution in [3.8, 4) is 5.88 Å². The van der Waals surface area contributed by atoms with E-state index >= 15 is 0 Å². The SMILES string of the molecule is CC(C)Oc1ncc(C(=O)OC(C)(C)C)cc1F. The second-order valence-electron chi connectivity index (χ2n) is 5.18. The Morgan fingerprint density at radius 2 is 2.00 bits per heavy atom. The van der Waals surface area contributed by atoms with Gasteiger partial charge in [-0.25, -0.2) is 14.2 Å². The average molecular weight is 255 g/mol. The molecule has 0 bridgehead atoms. The molecule has 0 N–H and O–H groups in total. The minimum atomic E-state index is -0.674. The van der Waals surface area contributed by atoms with Gasteiger partial charge in [0, 0.05) is 6.20 Å². The van der Waals surface area contributed by atoms with E-state index in [1.165, 1.54) is 6.20 Å². The van der Waals surface area contributed by atoms with Crippen molar-refractivity contribution in [2.24, 2.45) is 0 Å². The Labute approximate surface area is 106 Å². The molecule has 0 aliphatic rings. The molecular formula is C13H18FNO3. The second-order valence-corrected chi connectivity index (χ2v) is 5.18. The van der Waals surface area contributed by atoms with Crippen molar-refractivity contribution in [2.45, 2.75) is 46.3 Å². The predicted octanol–water partition coefficient (Wildman–Crippen LogP) is 2.96. The molecule has 0 spiro atoms. The maximum atomic E-state index is 13.6. The maximum Gasteiger partial charge on any atom is 0.340 e. The number of rotatable bonds is 3. The van der Waals surface area contributed by atoms with Crippen LogP contribution in [0.15, 0.2) is 12.3 Å². The number of hydrogen-bond acceptors (Lipinski definition) is 4. The summed E-state index contributed by atoms with van der Waals surface area (Å²) in [6.45, 7) is 8.76. The van der Waals surface area contributed by atoms with Gasteiger partial charge in [0.15, 0.2) is 5.82 Å². The smallest absolute Gasteiger partial charge is 0.340 e. The Morgan fingerprint density at radius 1 is 1.39 bits per heavy atom. The van der Waals surface area contributed by atoms with Crippen LogP contribution in [0.2, 0.25) is 0 Å². The topological polar surface area (TPSA) is 48.4 Å². The van der Waals surface area contributed by atoms with Crippen molar-refractivity contribution < 1.29 is 18.7 Å². The van der Waals surface area contributed by atoms with Gasteiger partial charge >= 0.3 is 5.97 Å². The Balaban J connectivity index is 2.87. The second kappa shape index (κ2) is 5.33. The number of nitrogens with zero attached hydrogens (tertiary/aromatic N) is 1. The van der Waals surface area contributed by atoms with Crippen LogP contribution in [0, 0.1) is 5.82 Å². The zero-order valence-corrected chi connectivity index (χ0v) is 11.3. The normalized spacial score (nSPS) is 11.5. The molecule has 18 heavy (non-hydrogen) atoms. The van der Waals surface area contributed by atoms with Gasteiger partial charge in [0.1, 0.15) is 5.60 Å². The highest BCUT2D eigenvalue weighted by Gasteiger charge is 2.20. The molecule has 1 aromatic rings. The zero-order valence-electron chi connectivity index (χ0n) is 11.3. The summed E-state index contributed by atoms with van der Waals surface area (Å²) in [6, 6.07) is 1.07. The van der Waals surface area contributed by atoms with Gasteiger partial charge in [-0.3, -0.25) is 0 Å². The minimum Gasteiger partial charge on any atom is -0.473 e. The third-order valence-corrected chi connectivity index (χ3v) is 1.79. The van der Waals surface area contributed by atoms with Crippen LogP contribution >= 0.6 is 0 Å². The van der Waals surface area contributed by atoms with E-state index in [0.717, 1.165) is 6.07 Å². The van der Waals surface area contributed by atoms with Crippen LogP contribution in [0.1, 0.15) is 45.0 Å². The average Bonchev–Trinajstić information content (AvgIpc) is 2.17. The molecule has 0 atom stereocenters. The number of halogens is 1. The number of carbonyl (C=O) groups is 1. The van der Waals surface area contributed by atoms with Gasteiger partial charge in [-0.05, 0) is 40.7 Å². The van der Waals surface area contributed by atoms with E-state index in [4.69, 9.17) is 9.47 Å². The number of ether oxygens (including phenoxy) is 2. The molecule has 1 rings (SSSR count). The first-order valence-electron chi connectivity index (χ1n) is 5.74. The fourth-order valence-electron chi connectivity index (χ4n) is 1.18. The highest BCUT2D eigenvalue weighted by molar-refractivity contribution is 5.89. The summed E-state index contributed by atoms with van der Waals surface area (Å²) >= 11 is 0. The van der Waals surface area contributed by atoms with Crippen LogP contribution in [-0.2, 0) is 4.74 Å².